The molecule has 0 bridgehead atoms. The van der Waals surface area contributed by atoms with E-state index in [1.165, 1.54) is 56.9 Å². The molecule has 0 heterocycles. The summed E-state index contributed by atoms with van der Waals surface area (Å²) < 4.78 is 19.9. The first-order chi connectivity index (χ1) is 12.0. The Morgan fingerprint density at radius 3 is 2.12 bits per heavy atom. The van der Waals surface area contributed by atoms with Crippen molar-refractivity contribution >= 4 is 0 Å². The second-order valence-electron chi connectivity index (χ2n) is 9.03. The fourth-order valence-electron chi connectivity index (χ4n) is 4.83. The lowest BCUT2D eigenvalue weighted by molar-refractivity contribution is 0.165. The van der Waals surface area contributed by atoms with Crippen molar-refractivity contribution in [2.45, 2.75) is 78.1 Å². The fraction of sp³-hybridized carbons (Fsp3) is 0.739. The Morgan fingerprint density at radius 1 is 0.960 bits per heavy atom. The highest BCUT2D eigenvalue weighted by atomic mass is 19.1. The van der Waals surface area contributed by atoms with Gasteiger partial charge in [-0.15, -0.1) is 0 Å². The molecule has 0 aliphatic heterocycles. The summed E-state index contributed by atoms with van der Waals surface area (Å²) in [6.45, 7) is 7.13. The first-order valence-electron chi connectivity index (χ1n) is 10.4. The van der Waals surface area contributed by atoms with Crippen molar-refractivity contribution in [3.63, 3.8) is 0 Å². The molecule has 1 aromatic carbocycles. The number of hydrogen-bond donors (Lipinski definition) is 0. The van der Waals surface area contributed by atoms with E-state index in [0.29, 0.717) is 24.2 Å². The molecular weight excluding hydrogens is 311 g/mol. The lowest BCUT2D eigenvalue weighted by Crippen LogP contribution is -2.24. The maximum atomic E-state index is 14.3. The van der Waals surface area contributed by atoms with Crippen LogP contribution in [-0.2, 0) is 0 Å². The number of halogens is 1. The van der Waals surface area contributed by atoms with Gasteiger partial charge in [0.25, 0.3) is 0 Å². The fourth-order valence-corrected chi connectivity index (χ4v) is 4.83. The first kappa shape index (κ1) is 18.7. The van der Waals surface area contributed by atoms with E-state index in [-0.39, 0.29) is 5.82 Å². The Hall–Kier alpha value is -1.05. The second-order valence-corrected chi connectivity index (χ2v) is 9.03. The van der Waals surface area contributed by atoms with Gasteiger partial charge in [0.1, 0.15) is 0 Å². The summed E-state index contributed by atoms with van der Waals surface area (Å²) in [5, 5.41) is 0. The average molecular weight is 347 g/mol. The smallest absolute Gasteiger partial charge is 0.165 e. The third kappa shape index (κ3) is 4.99. The van der Waals surface area contributed by atoms with E-state index >= 15 is 0 Å². The summed E-state index contributed by atoms with van der Waals surface area (Å²) in [7, 11) is 0. The van der Waals surface area contributed by atoms with Crippen LogP contribution in [0, 0.1) is 29.5 Å². The Morgan fingerprint density at radius 2 is 1.56 bits per heavy atom. The Kier molecular flexibility index (Phi) is 6.41. The van der Waals surface area contributed by atoms with E-state index in [4.69, 9.17) is 4.74 Å². The average Bonchev–Trinajstić information content (AvgIpc) is 2.61. The van der Waals surface area contributed by atoms with Crippen molar-refractivity contribution in [3.05, 3.63) is 29.6 Å². The Balaban J connectivity index is 1.53. The van der Waals surface area contributed by atoms with Crippen LogP contribution in [0.15, 0.2) is 18.2 Å². The van der Waals surface area contributed by atoms with E-state index in [1.807, 2.05) is 6.07 Å². The summed E-state index contributed by atoms with van der Waals surface area (Å²) in [6.07, 6.45) is 10.8. The number of benzene rings is 1. The molecule has 0 saturated heterocycles. The van der Waals surface area contributed by atoms with Gasteiger partial charge in [-0.25, -0.2) is 4.39 Å². The van der Waals surface area contributed by atoms with Gasteiger partial charge in [-0.2, -0.15) is 0 Å². The molecule has 0 radical (unpaired) electrons. The third-order valence-electron chi connectivity index (χ3n) is 6.50. The van der Waals surface area contributed by atoms with Crippen molar-refractivity contribution in [1.29, 1.82) is 0 Å². The summed E-state index contributed by atoms with van der Waals surface area (Å²) in [6, 6.07) is 5.65. The molecule has 3 rings (SSSR count). The summed E-state index contributed by atoms with van der Waals surface area (Å²) in [5.41, 5.74) is 1.17. The minimum Gasteiger partial charge on any atom is -0.490 e. The zero-order valence-electron chi connectivity index (χ0n) is 16.3. The van der Waals surface area contributed by atoms with Gasteiger partial charge in [-0.05, 0) is 85.8 Å². The topological polar surface area (TPSA) is 9.23 Å². The second kappa shape index (κ2) is 8.56. The largest absolute Gasteiger partial charge is 0.490 e. The third-order valence-corrected chi connectivity index (χ3v) is 6.50. The van der Waals surface area contributed by atoms with Crippen LogP contribution < -0.4 is 4.74 Å². The van der Waals surface area contributed by atoms with Crippen LogP contribution in [0.2, 0.25) is 0 Å². The molecule has 0 spiro atoms. The van der Waals surface area contributed by atoms with Gasteiger partial charge in [0, 0.05) is 0 Å². The van der Waals surface area contributed by atoms with Gasteiger partial charge in [0.2, 0.25) is 0 Å². The van der Waals surface area contributed by atoms with Crippen molar-refractivity contribution in [1.82, 2.24) is 0 Å². The molecule has 1 aromatic rings. The molecule has 0 amide bonds. The number of ether oxygens (including phenoxy) is 1. The molecule has 0 unspecified atom stereocenters. The molecule has 140 valence electrons. The van der Waals surface area contributed by atoms with Crippen LogP contribution in [-0.4, -0.2) is 6.61 Å². The van der Waals surface area contributed by atoms with Gasteiger partial charge >= 0.3 is 0 Å². The van der Waals surface area contributed by atoms with Crippen LogP contribution in [0.4, 0.5) is 4.39 Å². The van der Waals surface area contributed by atoms with E-state index in [1.54, 1.807) is 6.07 Å². The van der Waals surface area contributed by atoms with E-state index in [2.05, 4.69) is 26.8 Å². The predicted octanol–water partition coefficient (Wildman–Crippen LogP) is 6.96. The monoisotopic (exact) mass is 346 g/mol. The van der Waals surface area contributed by atoms with Gasteiger partial charge in [-0.1, -0.05) is 39.7 Å². The molecule has 2 heteroatoms. The molecule has 2 fully saturated rings. The highest BCUT2D eigenvalue weighted by Gasteiger charge is 2.30. The standard InChI is InChI=1S/C23H35FO/c1-16(2)15-25-23-13-12-21(14-22(23)24)20-10-8-19(9-11-20)18-6-4-17(3)5-7-18/h12-14,16-20H,4-11,15H2,1-3H3. The number of hydrogen-bond acceptors (Lipinski definition) is 1. The van der Waals surface area contributed by atoms with Crippen molar-refractivity contribution < 1.29 is 9.13 Å². The molecule has 0 atom stereocenters. The van der Waals surface area contributed by atoms with Gasteiger partial charge in [0.15, 0.2) is 11.6 Å². The van der Waals surface area contributed by atoms with Crippen molar-refractivity contribution in [3.8, 4) is 5.75 Å². The SMILES string of the molecule is CC(C)COc1ccc(C2CCC(C3CCC(C)CC3)CC2)cc1F. The maximum absolute atomic E-state index is 14.3. The molecular formula is C23H35FO. The first-order valence-corrected chi connectivity index (χ1v) is 10.4. The molecule has 0 aromatic heterocycles. The van der Waals surface area contributed by atoms with E-state index in [0.717, 1.165) is 17.8 Å². The molecule has 25 heavy (non-hydrogen) atoms. The summed E-state index contributed by atoms with van der Waals surface area (Å²) in [5.74, 6) is 3.98. The number of rotatable bonds is 5. The maximum Gasteiger partial charge on any atom is 0.165 e. The quantitative estimate of drug-likeness (QED) is 0.560. The Bertz CT molecular complexity index is 537. The van der Waals surface area contributed by atoms with E-state index < -0.39 is 0 Å². The normalized spacial score (nSPS) is 30.4. The predicted molar refractivity (Wildman–Crippen MR) is 103 cm³/mol. The minimum absolute atomic E-state index is 0.193. The molecule has 2 aliphatic carbocycles. The lowest BCUT2D eigenvalue weighted by Gasteiger charge is -2.37. The lowest BCUT2D eigenvalue weighted by atomic mass is 9.68. The molecule has 0 N–H and O–H groups in total. The Labute approximate surface area is 153 Å². The highest BCUT2D eigenvalue weighted by molar-refractivity contribution is 5.31. The van der Waals surface area contributed by atoms with Crippen LogP contribution >= 0.6 is 0 Å². The van der Waals surface area contributed by atoms with Gasteiger partial charge in [-0.3, -0.25) is 0 Å². The highest BCUT2D eigenvalue weighted by Crippen LogP contribution is 2.44. The van der Waals surface area contributed by atoms with Gasteiger partial charge in [0.05, 0.1) is 6.61 Å². The van der Waals surface area contributed by atoms with Crippen molar-refractivity contribution in [2.75, 3.05) is 6.61 Å². The molecule has 2 saturated carbocycles. The summed E-state index contributed by atoms with van der Waals surface area (Å²) in [4.78, 5) is 0. The zero-order valence-corrected chi connectivity index (χ0v) is 16.3. The van der Waals surface area contributed by atoms with Crippen LogP contribution in [0.25, 0.3) is 0 Å². The molecule has 2 aliphatic rings. The molecule has 1 nitrogen and oxygen atoms in total. The van der Waals surface area contributed by atoms with Gasteiger partial charge < -0.3 is 4.74 Å². The van der Waals surface area contributed by atoms with Crippen molar-refractivity contribution in [2.24, 2.45) is 23.7 Å². The van der Waals surface area contributed by atoms with Crippen LogP contribution in [0.5, 0.6) is 5.75 Å². The summed E-state index contributed by atoms with van der Waals surface area (Å²) >= 11 is 0. The van der Waals surface area contributed by atoms with Crippen LogP contribution in [0.1, 0.15) is 83.6 Å². The van der Waals surface area contributed by atoms with Crippen LogP contribution in [0.3, 0.4) is 0 Å². The zero-order chi connectivity index (χ0) is 17.8. The van der Waals surface area contributed by atoms with E-state index in [9.17, 15) is 4.39 Å². The minimum atomic E-state index is -0.193.